The Balaban J connectivity index is 2.68. The van der Waals surface area contributed by atoms with Gasteiger partial charge in [0.05, 0.1) is 0 Å². The predicted molar refractivity (Wildman–Crippen MR) is 73.5 cm³/mol. The van der Waals surface area contributed by atoms with Gasteiger partial charge in [0.1, 0.15) is 18.6 Å². The lowest BCUT2D eigenvalue weighted by Crippen LogP contribution is -2.42. The Hall–Kier alpha value is -1.82. The number of ether oxygens (including phenoxy) is 1. The highest BCUT2D eigenvalue weighted by molar-refractivity contribution is 5.80. The third-order valence-electron chi connectivity index (χ3n) is 3.01. The summed E-state index contributed by atoms with van der Waals surface area (Å²) in [7, 11) is 0. The molecule has 1 amide bonds. The quantitative estimate of drug-likeness (QED) is 0.785. The van der Waals surface area contributed by atoms with Crippen molar-refractivity contribution in [3.63, 3.8) is 0 Å². The highest BCUT2D eigenvalue weighted by Crippen LogP contribution is 2.08. The summed E-state index contributed by atoms with van der Waals surface area (Å²) in [5.74, 6) is -0.171. The van der Waals surface area contributed by atoms with Crippen LogP contribution in [0.5, 0.6) is 5.75 Å². The van der Waals surface area contributed by atoms with E-state index in [4.69, 9.17) is 14.3 Å². The Kier molecular flexibility index (Phi) is 6.24. The molecule has 0 saturated heterocycles. The van der Waals surface area contributed by atoms with Crippen LogP contribution in [0.4, 0.5) is 0 Å². The summed E-state index contributed by atoms with van der Waals surface area (Å²) >= 11 is 0. The second-order valence-corrected chi connectivity index (χ2v) is 4.52. The molecular formula is C14H21NO5. The third-order valence-corrected chi connectivity index (χ3v) is 3.01. The van der Waals surface area contributed by atoms with Crippen molar-refractivity contribution in [1.29, 1.82) is 0 Å². The molecule has 0 saturated carbocycles. The van der Waals surface area contributed by atoms with Crippen LogP contribution in [0.25, 0.3) is 0 Å². The zero-order valence-electron chi connectivity index (χ0n) is 12.0. The number of aliphatic hydroxyl groups is 1. The van der Waals surface area contributed by atoms with Crippen molar-refractivity contribution in [2.75, 3.05) is 0 Å². The number of rotatable bonds is 7. The van der Waals surface area contributed by atoms with Crippen molar-refractivity contribution in [1.82, 2.24) is 5.32 Å². The Labute approximate surface area is 117 Å². The van der Waals surface area contributed by atoms with Gasteiger partial charge < -0.3 is 19.6 Å². The first kappa shape index (κ1) is 16.2. The maximum absolute atomic E-state index is 11.9. The summed E-state index contributed by atoms with van der Waals surface area (Å²) in [6.45, 7) is 5.18. The zero-order valence-corrected chi connectivity index (χ0v) is 12.0. The molecule has 0 fully saturated rings. The van der Waals surface area contributed by atoms with Crippen LogP contribution in [0.2, 0.25) is 0 Å². The van der Waals surface area contributed by atoms with Crippen LogP contribution in [0.15, 0.2) is 21.5 Å². The highest BCUT2D eigenvalue weighted by atomic mass is 16.5. The third kappa shape index (κ3) is 4.38. The number of carbonyl (C=O) groups is 1. The summed E-state index contributed by atoms with van der Waals surface area (Å²) in [6, 6.07) is 1.24. The largest absolute Gasteiger partial charge is 0.474 e. The van der Waals surface area contributed by atoms with E-state index in [0.29, 0.717) is 0 Å². The van der Waals surface area contributed by atoms with E-state index in [0.717, 1.165) is 25.2 Å². The van der Waals surface area contributed by atoms with Crippen molar-refractivity contribution in [3.8, 4) is 5.75 Å². The number of hydrogen-bond acceptors (Lipinski definition) is 5. The molecule has 1 aromatic heterocycles. The number of aliphatic hydroxyl groups excluding tert-OH is 1. The smallest absolute Gasteiger partial charge is 0.261 e. The molecular weight excluding hydrogens is 262 g/mol. The first-order valence-electron chi connectivity index (χ1n) is 6.71. The van der Waals surface area contributed by atoms with Gasteiger partial charge in [-0.1, -0.05) is 13.8 Å². The summed E-state index contributed by atoms with van der Waals surface area (Å²) < 4.78 is 10.3. The number of amides is 1. The minimum absolute atomic E-state index is 0.0469. The molecule has 0 aliphatic carbocycles. The van der Waals surface area contributed by atoms with Crippen LogP contribution in [0, 0.1) is 0 Å². The monoisotopic (exact) mass is 283 g/mol. The zero-order chi connectivity index (χ0) is 15.1. The maximum Gasteiger partial charge on any atom is 0.261 e. The van der Waals surface area contributed by atoms with Crippen LogP contribution in [0.3, 0.4) is 0 Å². The molecule has 1 rings (SSSR count). The van der Waals surface area contributed by atoms with Crippen molar-refractivity contribution in [2.24, 2.45) is 0 Å². The van der Waals surface area contributed by atoms with Crippen LogP contribution in [-0.4, -0.2) is 23.2 Å². The fraction of sp³-hybridized carbons (Fsp3) is 0.571. The van der Waals surface area contributed by atoms with Crippen molar-refractivity contribution < 1.29 is 19.1 Å². The van der Waals surface area contributed by atoms with Crippen LogP contribution in [0.1, 0.15) is 39.4 Å². The van der Waals surface area contributed by atoms with Gasteiger partial charge in [0.2, 0.25) is 11.2 Å². The second kappa shape index (κ2) is 7.69. The Morgan fingerprint density at radius 2 is 2.10 bits per heavy atom. The number of nitrogens with one attached hydrogen (secondary N) is 1. The summed E-state index contributed by atoms with van der Waals surface area (Å²) in [4.78, 5) is 23.6. The van der Waals surface area contributed by atoms with Gasteiger partial charge in [-0.3, -0.25) is 9.59 Å². The summed E-state index contributed by atoms with van der Waals surface area (Å²) in [6.07, 6.45) is 1.98. The van der Waals surface area contributed by atoms with Crippen molar-refractivity contribution >= 4 is 5.91 Å². The molecule has 0 aliphatic rings. The molecule has 1 aromatic rings. The average molecular weight is 283 g/mol. The summed E-state index contributed by atoms with van der Waals surface area (Å²) in [5.41, 5.74) is -0.428. The molecule has 0 radical (unpaired) electrons. The van der Waals surface area contributed by atoms with Gasteiger partial charge in [0.15, 0.2) is 6.10 Å². The molecule has 0 bridgehead atoms. The molecule has 6 heteroatoms. The van der Waals surface area contributed by atoms with E-state index in [1.165, 1.54) is 0 Å². The first-order valence-corrected chi connectivity index (χ1v) is 6.71. The molecule has 0 aliphatic heterocycles. The molecule has 1 unspecified atom stereocenters. The fourth-order valence-corrected chi connectivity index (χ4v) is 1.66. The van der Waals surface area contributed by atoms with Gasteiger partial charge in [-0.05, 0) is 19.8 Å². The standard InChI is InChI=1S/C14H21NO5/c1-4-10(5-2)15-14(18)9(3)20-13-8-19-11(7-16)6-12(13)17/h6,8-10,16H,4-5,7H2,1-3H3,(H,15,18). The minimum atomic E-state index is -0.793. The lowest BCUT2D eigenvalue weighted by molar-refractivity contribution is -0.128. The van der Waals surface area contributed by atoms with E-state index < -0.39 is 11.5 Å². The maximum atomic E-state index is 11.9. The van der Waals surface area contributed by atoms with Crippen molar-refractivity contribution in [2.45, 2.75) is 52.4 Å². The average Bonchev–Trinajstić information content (AvgIpc) is 2.46. The first-order chi connectivity index (χ1) is 9.51. The highest BCUT2D eigenvalue weighted by Gasteiger charge is 2.18. The van der Waals surface area contributed by atoms with E-state index in [1.54, 1.807) is 6.92 Å². The molecule has 2 N–H and O–H groups in total. The van der Waals surface area contributed by atoms with Crippen LogP contribution >= 0.6 is 0 Å². The van der Waals surface area contributed by atoms with Gasteiger partial charge in [-0.2, -0.15) is 0 Å². The van der Waals surface area contributed by atoms with Gasteiger partial charge in [0.25, 0.3) is 5.91 Å². The van der Waals surface area contributed by atoms with Gasteiger partial charge in [0, 0.05) is 12.1 Å². The van der Waals surface area contributed by atoms with Gasteiger partial charge >= 0.3 is 0 Å². The predicted octanol–water partition coefficient (Wildman–Crippen LogP) is 1.20. The second-order valence-electron chi connectivity index (χ2n) is 4.52. The lowest BCUT2D eigenvalue weighted by atomic mass is 10.1. The Morgan fingerprint density at radius 3 is 2.60 bits per heavy atom. The van der Waals surface area contributed by atoms with Crippen molar-refractivity contribution in [3.05, 3.63) is 28.3 Å². The SMILES string of the molecule is CCC(CC)NC(=O)C(C)Oc1coc(CO)cc1=O. The fourth-order valence-electron chi connectivity index (χ4n) is 1.66. The molecule has 1 atom stereocenters. The van der Waals surface area contributed by atoms with E-state index >= 15 is 0 Å². The lowest BCUT2D eigenvalue weighted by Gasteiger charge is -2.19. The van der Waals surface area contributed by atoms with E-state index in [9.17, 15) is 9.59 Å². The normalized spacial score (nSPS) is 12.2. The van der Waals surface area contributed by atoms with E-state index in [1.807, 2.05) is 13.8 Å². The summed E-state index contributed by atoms with van der Waals surface area (Å²) in [5, 5.41) is 11.7. The number of carbonyl (C=O) groups excluding carboxylic acids is 1. The van der Waals surface area contributed by atoms with Crippen LogP contribution < -0.4 is 15.5 Å². The Bertz CT molecular complexity index is 493. The van der Waals surface area contributed by atoms with E-state index in [2.05, 4.69) is 5.32 Å². The molecule has 20 heavy (non-hydrogen) atoms. The molecule has 6 nitrogen and oxygen atoms in total. The Morgan fingerprint density at radius 1 is 1.45 bits per heavy atom. The topological polar surface area (TPSA) is 88.8 Å². The van der Waals surface area contributed by atoms with Gasteiger partial charge in [-0.25, -0.2) is 0 Å². The molecule has 0 spiro atoms. The van der Waals surface area contributed by atoms with E-state index in [-0.39, 0.29) is 30.1 Å². The molecule has 0 aromatic carbocycles. The molecule has 1 heterocycles. The number of hydrogen-bond donors (Lipinski definition) is 2. The van der Waals surface area contributed by atoms with Gasteiger partial charge in [-0.15, -0.1) is 0 Å². The molecule has 112 valence electrons. The minimum Gasteiger partial charge on any atom is -0.474 e. The van der Waals surface area contributed by atoms with Crippen LogP contribution in [-0.2, 0) is 11.4 Å².